The maximum absolute atomic E-state index is 12.1. The molecule has 0 saturated carbocycles. The first kappa shape index (κ1) is 38.6. The van der Waals surface area contributed by atoms with Gasteiger partial charge in [-0.05, 0) is 82.5 Å². The molecule has 1 fully saturated rings. The Morgan fingerprint density at radius 2 is 1.41 bits per heavy atom. The van der Waals surface area contributed by atoms with E-state index in [2.05, 4.69) is 100 Å². The fraction of sp³-hybridized carbons (Fsp3) is 0.513. The van der Waals surface area contributed by atoms with E-state index in [-0.39, 0.29) is 11.8 Å². The van der Waals surface area contributed by atoms with E-state index < -0.39 is 0 Å². The summed E-state index contributed by atoms with van der Waals surface area (Å²) in [6.45, 7) is 7.41. The second-order valence-corrected chi connectivity index (χ2v) is 11.4. The van der Waals surface area contributed by atoms with Crippen LogP contribution >= 0.6 is 0 Å². The Kier molecular flexibility index (Phi) is 23.3. The fourth-order valence-electron chi connectivity index (χ4n) is 4.80. The molecule has 7 nitrogen and oxygen atoms in total. The highest BCUT2D eigenvalue weighted by Gasteiger charge is 2.11. The van der Waals surface area contributed by atoms with Crippen LogP contribution in [0.1, 0.15) is 88.8 Å². The van der Waals surface area contributed by atoms with Gasteiger partial charge in [0.25, 0.3) is 0 Å². The van der Waals surface area contributed by atoms with Crippen molar-refractivity contribution in [2.75, 3.05) is 45.9 Å². The van der Waals surface area contributed by atoms with E-state index in [4.69, 9.17) is 4.74 Å². The smallest absolute Gasteiger partial charge is 0.223 e. The summed E-state index contributed by atoms with van der Waals surface area (Å²) in [7, 11) is 0. The molecule has 0 spiro atoms. The summed E-state index contributed by atoms with van der Waals surface area (Å²) >= 11 is 0. The molecule has 0 aromatic carbocycles. The topological polar surface area (TPSA) is 83.6 Å². The van der Waals surface area contributed by atoms with Crippen molar-refractivity contribution in [3.05, 3.63) is 96.4 Å². The first-order valence-corrected chi connectivity index (χ1v) is 17.4. The van der Waals surface area contributed by atoms with Gasteiger partial charge in [0.05, 0.1) is 13.2 Å². The number of nitrogens with zero attached hydrogens (tertiary/aromatic N) is 2. The molecule has 0 aliphatic carbocycles. The molecule has 1 aliphatic rings. The quantitative estimate of drug-likeness (QED) is 0.0876. The molecule has 1 aliphatic heterocycles. The molecule has 1 saturated heterocycles. The van der Waals surface area contributed by atoms with E-state index in [9.17, 15) is 9.59 Å². The normalized spacial score (nSPS) is 14.4. The lowest BCUT2D eigenvalue weighted by atomic mass is 10.2. The molecule has 7 heteroatoms. The third-order valence-corrected chi connectivity index (χ3v) is 7.41. The fourth-order valence-corrected chi connectivity index (χ4v) is 4.80. The van der Waals surface area contributed by atoms with Crippen LogP contribution in [0.2, 0.25) is 0 Å². The molecular formula is C39H58N4O3. The van der Waals surface area contributed by atoms with Gasteiger partial charge in [-0.1, -0.05) is 85.9 Å². The summed E-state index contributed by atoms with van der Waals surface area (Å²) in [6, 6.07) is 4.13. The molecule has 1 aromatic rings. The van der Waals surface area contributed by atoms with Crippen LogP contribution in [0.25, 0.3) is 6.08 Å². The van der Waals surface area contributed by atoms with Crippen molar-refractivity contribution in [2.45, 2.75) is 84.0 Å². The molecule has 2 rings (SSSR count). The zero-order valence-electron chi connectivity index (χ0n) is 28.2. The number of allylic oxidation sites excluding steroid dienone is 10. The van der Waals surface area contributed by atoms with E-state index in [1.165, 1.54) is 25.9 Å². The van der Waals surface area contributed by atoms with Crippen LogP contribution in [0.15, 0.2) is 85.2 Å². The number of amides is 2. The Bertz CT molecular complexity index is 1110. The predicted molar refractivity (Wildman–Crippen MR) is 192 cm³/mol. The minimum absolute atomic E-state index is 0.0444. The van der Waals surface area contributed by atoms with Gasteiger partial charge in [-0.2, -0.15) is 0 Å². The maximum Gasteiger partial charge on any atom is 0.223 e. The number of rotatable bonds is 25. The van der Waals surface area contributed by atoms with Crippen LogP contribution in [-0.4, -0.2) is 67.6 Å². The van der Waals surface area contributed by atoms with Gasteiger partial charge in [0, 0.05) is 50.8 Å². The first-order chi connectivity index (χ1) is 22.7. The van der Waals surface area contributed by atoms with Crippen LogP contribution in [0.4, 0.5) is 0 Å². The van der Waals surface area contributed by atoms with E-state index in [1.54, 1.807) is 0 Å². The van der Waals surface area contributed by atoms with Gasteiger partial charge in [0.2, 0.25) is 11.8 Å². The lowest BCUT2D eigenvalue weighted by Crippen LogP contribution is -2.29. The van der Waals surface area contributed by atoms with Gasteiger partial charge in [0.15, 0.2) is 0 Å². The second-order valence-electron chi connectivity index (χ2n) is 11.4. The summed E-state index contributed by atoms with van der Waals surface area (Å²) in [5, 5.41) is 5.74. The molecular weight excluding hydrogens is 572 g/mol. The predicted octanol–water partition coefficient (Wildman–Crippen LogP) is 7.29. The molecule has 0 bridgehead atoms. The highest BCUT2D eigenvalue weighted by molar-refractivity contribution is 5.78. The Morgan fingerprint density at radius 3 is 2.02 bits per heavy atom. The number of pyridine rings is 1. The summed E-state index contributed by atoms with van der Waals surface area (Å²) in [5.74, 6) is -0.00109. The molecule has 0 radical (unpaired) electrons. The van der Waals surface area contributed by atoms with Crippen molar-refractivity contribution in [1.29, 1.82) is 0 Å². The van der Waals surface area contributed by atoms with E-state index in [1.807, 2.05) is 18.3 Å². The molecule has 1 aromatic heterocycles. The SMILES string of the molecule is CCC=CCC=CCC=CCC=CCC=CCCCC(=O)NCCOCCNC(=O)C/C=C/c1ccc(CCN2CCCC2)nc1. The van der Waals surface area contributed by atoms with Gasteiger partial charge in [0.1, 0.15) is 0 Å². The number of aromatic nitrogens is 1. The van der Waals surface area contributed by atoms with Crippen LogP contribution in [0.5, 0.6) is 0 Å². The van der Waals surface area contributed by atoms with Crippen molar-refractivity contribution >= 4 is 17.9 Å². The van der Waals surface area contributed by atoms with Gasteiger partial charge in [-0.15, -0.1) is 0 Å². The molecule has 252 valence electrons. The van der Waals surface area contributed by atoms with Gasteiger partial charge in [-0.25, -0.2) is 0 Å². The number of unbranched alkanes of at least 4 members (excludes halogenated alkanes) is 1. The number of carbonyl (C=O) groups excluding carboxylic acids is 2. The summed E-state index contributed by atoms with van der Waals surface area (Å²) in [4.78, 5) is 31.1. The van der Waals surface area contributed by atoms with Crippen LogP contribution in [0, 0.1) is 0 Å². The Hall–Kier alpha value is -3.55. The maximum atomic E-state index is 12.1. The minimum atomic E-state index is -0.0455. The molecule has 0 atom stereocenters. The third-order valence-electron chi connectivity index (χ3n) is 7.41. The van der Waals surface area contributed by atoms with Gasteiger partial charge in [-0.3, -0.25) is 14.6 Å². The number of carbonyl (C=O) groups is 2. The Morgan fingerprint density at radius 1 is 0.804 bits per heavy atom. The summed E-state index contributed by atoms with van der Waals surface area (Å²) in [5.41, 5.74) is 2.11. The highest BCUT2D eigenvalue weighted by Crippen LogP contribution is 2.09. The number of hydrogen-bond acceptors (Lipinski definition) is 5. The monoisotopic (exact) mass is 630 g/mol. The minimum Gasteiger partial charge on any atom is -0.378 e. The van der Waals surface area contributed by atoms with E-state index in [0.717, 1.165) is 69.2 Å². The lowest BCUT2D eigenvalue weighted by Gasteiger charge is -2.13. The van der Waals surface area contributed by atoms with Crippen molar-refractivity contribution in [3.8, 4) is 0 Å². The number of ether oxygens (including phenoxy) is 1. The zero-order valence-corrected chi connectivity index (χ0v) is 28.2. The largest absolute Gasteiger partial charge is 0.378 e. The molecule has 2 heterocycles. The molecule has 2 amide bonds. The number of hydrogen-bond donors (Lipinski definition) is 2. The van der Waals surface area contributed by atoms with Crippen LogP contribution in [-0.2, 0) is 20.7 Å². The summed E-state index contributed by atoms with van der Waals surface area (Å²) in [6.07, 6.45) is 38.7. The standard InChI is InChI=1S/C39H58N4O3/c1-2-3-4-5-6-7-8-9-10-11-12-13-14-15-16-17-18-23-38(44)40-28-33-46-34-29-41-39(45)24-21-22-36-25-26-37(42-35-36)27-32-43-30-19-20-31-43/h3-4,6-7,9-10,12-13,15-16,21-22,25-26,35H,2,5,8,11,14,17-20,23-24,27-34H2,1H3,(H,40,44)(H,41,45)/b4-3?,7-6?,10-9?,13-12?,16-15?,22-21+. The third kappa shape index (κ3) is 22.0. The molecule has 0 unspecified atom stereocenters. The molecule has 2 N–H and O–H groups in total. The molecule has 46 heavy (non-hydrogen) atoms. The van der Waals surface area contributed by atoms with E-state index in [0.29, 0.717) is 39.1 Å². The average Bonchev–Trinajstić information content (AvgIpc) is 3.59. The highest BCUT2D eigenvalue weighted by atomic mass is 16.5. The van der Waals surface area contributed by atoms with Gasteiger partial charge < -0.3 is 20.3 Å². The van der Waals surface area contributed by atoms with Crippen molar-refractivity contribution in [3.63, 3.8) is 0 Å². The Labute approximate surface area is 278 Å². The van der Waals surface area contributed by atoms with Crippen molar-refractivity contribution in [2.24, 2.45) is 0 Å². The Balaban J connectivity index is 1.36. The average molecular weight is 631 g/mol. The lowest BCUT2D eigenvalue weighted by molar-refractivity contribution is -0.121. The summed E-state index contributed by atoms with van der Waals surface area (Å²) < 4.78 is 5.52. The first-order valence-electron chi connectivity index (χ1n) is 17.4. The van der Waals surface area contributed by atoms with Crippen LogP contribution in [0.3, 0.4) is 0 Å². The van der Waals surface area contributed by atoms with E-state index >= 15 is 0 Å². The number of likely N-dealkylation sites (tertiary alicyclic amines) is 1. The van der Waals surface area contributed by atoms with Crippen molar-refractivity contribution in [1.82, 2.24) is 20.5 Å². The second kappa shape index (κ2) is 27.7. The number of nitrogens with one attached hydrogen (secondary N) is 2. The zero-order chi connectivity index (χ0) is 32.8. The van der Waals surface area contributed by atoms with Crippen molar-refractivity contribution < 1.29 is 14.3 Å². The van der Waals surface area contributed by atoms with Crippen LogP contribution < -0.4 is 10.6 Å². The van der Waals surface area contributed by atoms with Gasteiger partial charge >= 0.3 is 0 Å².